The van der Waals surface area contributed by atoms with Gasteiger partial charge in [-0.15, -0.1) is 5.10 Å². The second kappa shape index (κ2) is 6.36. The summed E-state index contributed by atoms with van der Waals surface area (Å²) in [6.07, 6.45) is 5.98. The van der Waals surface area contributed by atoms with Crippen LogP contribution in [0.3, 0.4) is 0 Å². The van der Waals surface area contributed by atoms with Crippen molar-refractivity contribution in [2.75, 3.05) is 0 Å². The predicted octanol–water partition coefficient (Wildman–Crippen LogP) is 1.12. The minimum atomic E-state index is -0.500. The van der Waals surface area contributed by atoms with Crippen LogP contribution in [0.25, 0.3) is 16.9 Å². The standard InChI is InChI=1S/C17H16N8O/c1-2-24-10-11(8-20-24)6-15-19-9-14-17(21-15)25(23-22-14)13-5-3-4-12(7-13)16(18)26/h3-5,7-10H,2,6H2,1H3,(H2,18,26). The van der Waals surface area contributed by atoms with Crippen LogP contribution in [0.2, 0.25) is 0 Å². The minimum absolute atomic E-state index is 0.396. The Balaban J connectivity index is 1.72. The van der Waals surface area contributed by atoms with E-state index in [1.54, 1.807) is 29.1 Å². The number of amides is 1. The number of aryl methyl sites for hydroxylation is 1. The van der Waals surface area contributed by atoms with E-state index in [4.69, 9.17) is 5.73 Å². The molecule has 0 atom stereocenters. The normalized spacial score (nSPS) is 11.1. The summed E-state index contributed by atoms with van der Waals surface area (Å²) in [5, 5.41) is 12.5. The zero-order valence-electron chi connectivity index (χ0n) is 14.1. The fourth-order valence-corrected chi connectivity index (χ4v) is 2.67. The Labute approximate surface area is 148 Å². The van der Waals surface area contributed by atoms with Crippen LogP contribution in [0.15, 0.2) is 42.9 Å². The summed E-state index contributed by atoms with van der Waals surface area (Å²) in [5.74, 6) is 0.141. The van der Waals surface area contributed by atoms with Gasteiger partial charge in [0.05, 0.1) is 18.1 Å². The van der Waals surface area contributed by atoms with E-state index in [1.165, 1.54) is 0 Å². The fourth-order valence-electron chi connectivity index (χ4n) is 2.67. The van der Waals surface area contributed by atoms with Crippen LogP contribution < -0.4 is 5.73 Å². The van der Waals surface area contributed by atoms with Crippen molar-refractivity contribution < 1.29 is 4.79 Å². The van der Waals surface area contributed by atoms with Gasteiger partial charge < -0.3 is 5.73 Å². The molecule has 0 saturated carbocycles. The highest BCUT2D eigenvalue weighted by atomic mass is 16.1. The number of benzene rings is 1. The number of nitrogens with two attached hydrogens (primary N) is 1. The quantitative estimate of drug-likeness (QED) is 0.577. The third-order valence-electron chi connectivity index (χ3n) is 3.99. The molecule has 9 nitrogen and oxygen atoms in total. The van der Waals surface area contributed by atoms with Crippen molar-refractivity contribution in [3.05, 3.63) is 59.8 Å². The number of carbonyl (C=O) groups is 1. The van der Waals surface area contributed by atoms with Gasteiger partial charge in [0.15, 0.2) is 11.2 Å². The molecular formula is C17H16N8O. The molecule has 2 N–H and O–H groups in total. The SMILES string of the molecule is CCn1cc(Cc2ncc3nnn(-c4cccc(C(N)=O)c4)c3n2)cn1. The zero-order valence-corrected chi connectivity index (χ0v) is 14.1. The van der Waals surface area contributed by atoms with Crippen LogP contribution in [0, 0.1) is 0 Å². The Morgan fingerprint density at radius 1 is 1.27 bits per heavy atom. The molecule has 0 bridgehead atoms. The Kier molecular flexibility index (Phi) is 3.88. The first-order valence-corrected chi connectivity index (χ1v) is 8.13. The van der Waals surface area contributed by atoms with E-state index in [0.717, 1.165) is 12.1 Å². The van der Waals surface area contributed by atoms with Gasteiger partial charge in [0.25, 0.3) is 0 Å². The second-order valence-corrected chi connectivity index (χ2v) is 5.79. The van der Waals surface area contributed by atoms with E-state index < -0.39 is 5.91 Å². The highest BCUT2D eigenvalue weighted by Gasteiger charge is 2.12. The molecule has 0 fully saturated rings. The molecule has 26 heavy (non-hydrogen) atoms. The molecule has 130 valence electrons. The van der Waals surface area contributed by atoms with Gasteiger partial charge >= 0.3 is 0 Å². The lowest BCUT2D eigenvalue weighted by molar-refractivity contribution is 0.1000. The van der Waals surface area contributed by atoms with E-state index in [1.807, 2.05) is 30.1 Å². The average Bonchev–Trinajstić information content (AvgIpc) is 3.28. The van der Waals surface area contributed by atoms with Crippen LogP contribution in [0.1, 0.15) is 28.7 Å². The molecule has 1 amide bonds. The van der Waals surface area contributed by atoms with Gasteiger partial charge in [-0.25, -0.2) is 9.97 Å². The minimum Gasteiger partial charge on any atom is -0.366 e. The molecule has 0 saturated heterocycles. The molecule has 3 aromatic heterocycles. The van der Waals surface area contributed by atoms with Gasteiger partial charge in [0.2, 0.25) is 5.91 Å². The lowest BCUT2D eigenvalue weighted by Gasteiger charge is -2.04. The van der Waals surface area contributed by atoms with E-state index in [-0.39, 0.29) is 0 Å². The van der Waals surface area contributed by atoms with Crippen molar-refractivity contribution in [1.82, 2.24) is 34.7 Å². The van der Waals surface area contributed by atoms with Gasteiger partial charge in [-0.3, -0.25) is 9.48 Å². The zero-order chi connectivity index (χ0) is 18.1. The van der Waals surface area contributed by atoms with E-state index in [0.29, 0.717) is 34.7 Å². The fraction of sp³-hybridized carbons (Fsp3) is 0.176. The number of hydrogen-bond acceptors (Lipinski definition) is 6. The van der Waals surface area contributed by atoms with Crippen LogP contribution in [0.5, 0.6) is 0 Å². The molecule has 0 aliphatic rings. The second-order valence-electron chi connectivity index (χ2n) is 5.79. The Morgan fingerprint density at radius 3 is 2.92 bits per heavy atom. The van der Waals surface area contributed by atoms with E-state index in [2.05, 4.69) is 25.4 Å². The number of primary amides is 1. The van der Waals surface area contributed by atoms with Crippen molar-refractivity contribution in [3.8, 4) is 5.69 Å². The molecule has 0 spiro atoms. The van der Waals surface area contributed by atoms with E-state index >= 15 is 0 Å². The van der Waals surface area contributed by atoms with Crippen LogP contribution in [-0.2, 0) is 13.0 Å². The highest BCUT2D eigenvalue weighted by Crippen LogP contribution is 2.16. The predicted molar refractivity (Wildman–Crippen MR) is 93.7 cm³/mol. The average molecular weight is 348 g/mol. The first-order valence-electron chi connectivity index (χ1n) is 8.13. The maximum atomic E-state index is 11.4. The monoisotopic (exact) mass is 348 g/mol. The van der Waals surface area contributed by atoms with Crippen LogP contribution in [-0.4, -0.2) is 40.6 Å². The van der Waals surface area contributed by atoms with Gasteiger partial charge in [-0.2, -0.15) is 9.78 Å². The number of carbonyl (C=O) groups excluding carboxylic acids is 1. The largest absolute Gasteiger partial charge is 0.366 e. The smallest absolute Gasteiger partial charge is 0.248 e. The molecule has 0 radical (unpaired) electrons. The molecule has 3 heterocycles. The summed E-state index contributed by atoms with van der Waals surface area (Å²) in [7, 11) is 0. The summed E-state index contributed by atoms with van der Waals surface area (Å²) >= 11 is 0. The van der Waals surface area contributed by atoms with Crippen molar-refractivity contribution >= 4 is 17.1 Å². The number of nitrogens with zero attached hydrogens (tertiary/aromatic N) is 7. The Morgan fingerprint density at radius 2 is 2.15 bits per heavy atom. The number of hydrogen-bond donors (Lipinski definition) is 1. The Hall–Kier alpha value is -3.62. The first-order chi connectivity index (χ1) is 12.6. The third-order valence-corrected chi connectivity index (χ3v) is 3.99. The summed E-state index contributed by atoms with van der Waals surface area (Å²) in [6, 6.07) is 6.86. The van der Waals surface area contributed by atoms with Gasteiger partial charge in [-0.05, 0) is 30.7 Å². The number of fused-ring (bicyclic) bond motifs is 1. The maximum Gasteiger partial charge on any atom is 0.248 e. The molecule has 0 aliphatic heterocycles. The summed E-state index contributed by atoms with van der Waals surface area (Å²) in [5.41, 5.74) is 8.58. The third kappa shape index (κ3) is 2.90. The molecular weight excluding hydrogens is 332 g/mol. The van der Waals surface area contributed by atoms with Crippen molar-refractivity contribution in [3.63, 3.8) is 0 Å². The maximum absolute atomic E-state index is 11.4. The number of aromatic nitrogens is 7. The molecule has 4 aromatic rings. The lowest BCUT2D eigenvalue weighted by Crippen LogP contribution is -2.11. The van der Waals surface area contributed by atoms with Crippen molar-refractivity contribution in [2.24, 2.45) is 5.73 Å². The molecule has 9 heteroatoms. The molecule has 4 rings (SSSR count). The topological polar surface area (TPSA) is 117 Å². The number of rotatable bonds is 5. The highest BCUT2D eigenvalue weighted by molar-refractivity contribution is 5.93. The summed E-state index contributed by atoms with van der Waals surface area (Å²) in [4.78, 5) is 20.4. The summed E-state index contributed by atoms with van der Waals surface area (Å²) in [6.45, 7) is 2.84. The van der Waals surface area contributed by atoms with Crippen molar-refractivity contribution in [1.29, 1.82) is 0 Å². The molecule has 0 aliphatic carbocycles. The van der Waals surface area contributed by atoms with Crippen LogP contribution >= 0.6 is 0 Å². The van der Waals surface area contributed by atoms with Gasteiger partial charge in [0.1, 0.15) is 5.82 Å². The van der Waals surface area contributed by atoms with Gasteiger partial charge in [0, 0.05) is 24.7 Å². The van der Waals surface area contributed by atoms with E-state index in [9.17, 15) is 4.79 Å². The molecule has 0 unspecified atom stereocenters. The summed E-state index contributed by atoms with van der Waals surface area (Å²) < 4.78 is 3.43. The van der Waals surface area contributed by atoms with Gasteiger partial charge in [-0.1, -0.05) is 11.3 Å². The van der Waals surface area contributed by atoms with Crippen LogP contribution in [0.4, 0.5) is 0 Å². The lowest BCUT2D eigenvalue weighted by atomic mass is 10.2. The first kappa shape index (κ1) is 15.9. The Bertz CT molecular complexity index is 1100. The molecule has 1 aromatic carbocycles. The van der Waals surface area contributed by atoms with Crippen molar-refractivity contribution in [2.45, 2.75) is 19.9 Å².